The van der Waals surface area contributed by atoms with E-state index in [1.54, 1.807) is 6.20 Å². The molecule has 25 heavy (non-hydrogen) atoms. The van der Waals surface area contributed by atoms with E-state index in [-0.39, 0.29) is 6.10 Å². The fourth-order valence-electron chi connectivity index (χ4n) is 4.60. The molecular formula is C21H24N2O2. The number of ether oxygens (including phenoxy) is 2. The van der Waals surface area contributed by atoms with E-state index < -0.39 is 0 Å². The van der Waals surface area contributed by atoms with Gasteiger partial charge in [0.2, 0.25) is 0 Å². The molecule has 4 heterocycles. The van der Waals surface area contributed by atoms with Crippen LogP contribution in [-0.4, -0.2) is 28.6 Å². The summed E-state index contributed by atoms with van der Waals surface area (Å²) < 4.78 is 11.8. The van der Waals surface area contributed by atoms with Crippen LogP contribution in [0.5, 0.6) is 11.6 Å². The molecule has 5 rings (SSSR count). The van der Waals surface area contributed by atoms with Crippen molar-refractivity contribution in [2.24, 2.45) is 0 Å². The van der Waals surface area contributed by atoms with Crippen LogP contribution in [0.2, 0.25) is 0 Å². The molecule has 2 fully saturated rings. The number of pyridine rings is 1. The maximum atomic E-state index is 6.01. The van der Waals surface area contributed by atoms with E-state index in [1.165, 1.54) is 37.7 Å². The van der Waals surface area contributed by atoms with Gasteiger partial charge in [0.15, 0.2) is 11.9 Å². The number of piperidine rings is 1. The molecule has 3 atom stereocenters. The summed E-state index contributed by atoms with van der Waals surface area (Å²) in [5.41, 5.74) is 2.56. The lowest BCUT2D eigenvalue weighted by Gasteiger charge is -2.34. The molecule has 3 aliphatic heterocycles. The van der Waals surface area contributed by atoms with Gasteiger partial charge in [-0.2, -0.15) is 0 Å². The molecule has 2 aromatic rings. The highest BCUT2D eigenvalue weighted by Gasteiger charge is 2.36. The molecule has 1 aromatic carbocycles. The maximum absolute atomic E-state index is 6.01. The molecule has 4 heteroatoms. The average molecular weight is 336 g/mol. The maximum Gasteiger partial charge on any atom is 0.257 e. The fraction of sp³-hybridized carbons (Fsp3) is 0.476. The van der Waals surface area contributed by atoms with Crippen molar-refractivity contribution in [2.45, 2.75) is 56.8 Å². The zero-order chi connectivity index (χ0) is 16.6. The Morgan fingerprint density at radius 2 is 1.80 bits per heavy atom. The summed E-state index contributed by atoms with van der Waals surface area (Å²) >= 11 is 0. The molecule has 0 radical (unpaired) electrons. The second kappa shape index (κ2) is 6.34. The third-order valence-electron chi connectivity index (χ3n) is 5.94. The van der Waals surface area contributed by atoms with E-state index in [2.05, 4.69) is 34.1 Å². The Balaban J connectivity index is 1.28. The Morgan fingerprint density at radius 3 is 2.60 bits per heavy atom. The van der Waals surface area contributed by atoms with Crippen LogP contribution in [0.15, 0.2) is 42.6 Å². The summed E-state index contributed by atoms with van der Waals surface area (Å²) in [6.07, 6.45) is 8.62. The predicted molar refractivity (Wildman–Crippen MR) is 95.7 cm³/mol. The number of aromatic nitrogens is 1. The minimum Gasteiger partial charge on any atom is -0.484 e. The highest BCUT2D eigenvalue weighted by Crippen LogP contribution is 2.37. The summed E-state index contributed by atoms with van der Waals surface area (Å²) in [6.45, 7) is 1.62. The van der Waals surface area contributed by atoms with Gasteiger partial charge in [-0.25, -0.2) is 4.98 Å². The number of hydrogen-bond donors (Lipinski definition) is 0. The van der Waals surface area contributed by atoms with Crippen LogP contribution in [0.25, 0.3) is 0 Å². The van der Waals surface area contributed by atoms with Gasteiger partial charge in [-0.3, -0.25) is 4.90 Å². The fourth-order valence-corrected chi connectivity index (χ4v) is 4.60. The topological polar surface area (TPSA) is 34.6 Å². The smallest absolute Gasteiger partial charge is 0.257 e. The van der Waals surface area contributed by atoms with Crippen LogP contribution >= 0.6 is 0 Å². The minimum absolute atomic E-state index is 0.0809. The normalized spacial score (nSPS) is 28.1. The lowest BCUT2D eigenvalue weighted by atomic mass is 10.0. The quantitative estimate of drug-likeness (QED) is 0.845. The summed E-state index contributed by atoms with van der Waals surface area (Å²) in [6, 6.07) is 14.3. The molecule has 2 bridgehead atoms. The van der Waals surface area contributed by atoms with Gasteiger partial charge >= 0.3 is 0 Å². The van der Waals surface area contributed by atoms with E-state index in [1.807, 2.05) is 12.1 Å². The zero-order valence-electron chi connectivity index (χ0n) is 14.4. The number of hydrogen-bond acceptors (Lipinski definition) is 4. The third-order valence-corrected chi connectivity index (χ3v) is 5.94. The second-order valence-corrected chi connectivity index (χ2v) is 7.45. The van der Waals surface area contributed by atoms with E-state index in [0.29, 0.717) is 12.5 Å². The lowest BCUT2D eigenvalue weighted by molar-refractivity contribution is 0.0850. The molecule has 0 aliphatic carbocycles. The summed E-state index contributed by atoms with van der Waals surface area (Å²) in [5.74, 6) is 1.32. The monoisotopic (exact) mass is 336 g/mol. The molecule has 130 valence electrons. The van der Waals surface area contributed by atoms with Gasteiger partial charge in [0.05, 0.1) is 0 Å². The SMILES string of the molecule is c1cnc2c(c1)OCC(c1ccc(CN3C4CCC[C@@H]3CC4)cc1)O2. The average Bonchev–Trinajstić information content (AvgIpc) is 2.89. The van der Waals surface area contributed by atoms with Gasteiger partial charge in [-0.1, -0.05) is 30.7 Å². The Labute approximate surface area is 148 Å². The molecule has 0 saturated carbocycles. The Bertz CT molecular complexity index is 730. The molecule has 1 aromatic heterocycles. The lowest BCUT2D eigenvalue weighted by Crippen LogP contribution is -2.38. The minimum atomic E-state index is -0.0809. The largest absolute Gasteiger partial charge is 0.484 e. The number of rotatable bonds is 3. The standard InChI is InChI=1S/C21H24N2O2/c1-3-17-10-11-18(4-1)23(17)13-15-6-8-16(9-7-15)20-14-24-19-5-2-12-22-21(19)25-20/h2,5-9,12,17-18,20H,1,3-4,10-11,13-14H2/t17-,18?,20?/m1/s1. The van der Waals surface area contributed by atoms with E-state index >= 15 is 0 Å². The van der Waals surface area contributed by atoms with Gasteiger partial charge in [0.1, 0.15) is 6.61 Å². The first-order chi connectivity index (χ1) is 12.4. The van der Waals surface area contributed by atoms with Gasteiger partial charge in [0, 0.05) is 24.8 Å². The van der Waals surface area contributed by atoms with Crippen molar-refractivity contribution in [3.05, 3.63) is 53.7 Å². The molecule has 0 N–H and O–H groups in total. The highest BCUT2D eigenvalue weighted by atomic mass is 16.6. The van der Waals surface area contributed by atoms with Crippen LogP contribution in [0, 0.1) is 0 Å². The first-order valence-electron chi connectivity index (χ1n) is 9.46. The van der Waals surface area contributed by atoms with Crippen molar-refractivity contribution < 1.29 is 9.47 Å². The van der Waals surface area contributed by atoms with Crippen molar-refractivity contribution in [1.29, 1.82) is 0 Å². The number of benzene rings is 1. The van der Waals surface area contributed by atoms with Crippen molar-refractivity contribution in [2.75, 3.05) is 6.61 Å². The zero-order valence-corrected chi connectivity index (χ0v) is 14.4. The highest BCUT2D eigenvalue weighted by molar-refractivity contribution is 5.36. The Hall–Kier alpha value is -2.07. The van der Waals surface area contributed by atoms with Gasteiger partial charge in [-0.15, -0.1) is 0 Å². The van der Waals surface area contributed by atoms with Crippen molar-refractivity contribution in [3.63, 3.8) is 0 Å². The van der Waals surface area contributed by atoms with Crippen LogP contribution < -0.4 is 9.47 Å². The van der Waals surface area contributed by atoms with Crippen molar-refractivity contribution in [3.8, 4) is 11.6 Å². The molecule has 0 spiro atoms. The number of nitrogens with zero attached hydrogens (tertiary/aromatic N) is 2. The molecule has 0 amide bonds. The van der Waals surface area contributed by atoms with Gasteiger partial charge in [-0.05, 0) is 48.9 Å². The Morgan fingerprint density at radius 1 is 1.00 bits per heavy atom. The molecule has 4 nitrogen and oxygen atoms in total. The van der Waals surface area contributed by atoms with E-state index in [9.17, 15) is 0 Å². The van der Waals surface area contributed by atoms with Crippen LogP contribution in [0.4, 0.5) is 0 Å². The molecular weight excluding hydrogens is 312 g/mol. The first-order valence-corrected chi connectivity index (χ1v) is 9.46. The van der Waals surface area contributed by atoms with Crippen LogP contribution in [0.1, 0.15) is 49.3 Å². The molecule has 2 unspecified atom stereocenters. The second-order valence-electron chi connectivity index (χ2n) is 7.45. The third kappa shape index (κ3) is 2.89. The van der Waals surface area contributed by atoms with E-state index in [4.69, 9.17) is 9.47 Å². The molecule has 2 saturated heterocycles. The summed E-state index contributed by atoms with van der Waals surface area (Å²) in [4.78, 5) is 6.99. The Kier molecular flexibility index (Phi) is 3.86. The summed E-state index contributed by atoms with van der Waals surface area (Å²) in [5, 5.41) is 0. The first kappa shape index (κ1) is 15.2. The van der Waals surface area contributed by atoms with Crippen LogP contribution in [-0.2, 0) is 6.54 Å². The predicted octanol–water partition coefficient (Wildman–Crippen LogP) is 4.11. The van der Waals surface area contributed by atoms with Crippen molar-refractivity contribution >= 4 is 0 Å². The van der Waals surface area contributed by atoms with Crippen molar-refractivity contribution in [1.82, 2.24) is 9.88 Å². The van der Waals surface area contributed by atoms with E-state index in [0.717, 1.165) is 29.9 Å². The number of fused-ring (bicyclic) bond motifs is 3. The van der Waals surface area contributed by atoms with Crippen LogP contribution in [0.3, 0.4) is 0 Å². The van der Waals surface area contributed by atoms with Gasteiger partial charge < -0.3 is 9.47 Å². The molecule has 3 aliphatic rings. The van der Waals surface area contributed by atoms with Gasteiger partial charge in [0.25, 0.3) is 5.88 Å². The summed E-state index contributed by atoms with van der Waals surface area (Å²) in [7, 11) is 0.